The monoisotopic (exact) mass is 437 g/mol. The zero-order chi connectivity index (χ0) is 23.0. The molecule has 0 bridgehead atoms. The van der Waals surface area contributed by atoms with Gasteiger partial charge in [0, 0.05) is 10.9 Å². The van der Waals surface area contributed by atoms with Crippen LogP contribution in [0.1, 0.15) is 31.8 Å². The molecule has 3 N–H and O–H groups in total. The molecule has 4 rings (SSSR count). The van der Waals surface area contributed by atoms with Crippen molar-refractivity contribution in [3.05, 3.63) is 95.1 Å². The fourth-order valence-corrected chi connectivity index (χ4v) is 3.57. The van der Waals surface area contributed by atoms with E-state index in [1.54, 1.807) is 48.5 Å². The van der Waals surface area contributed by atoms with Gasteiger partial charge in [-0.3, -0.25) is 14.2 Å². The number of aromatic nitrogens is 1. The Morgan fingerprint density at radius 2 is 1.53 bits per heavy atom. The molecule has 0 aliphatic heterocycles. The number of alkyl halides is 3. The van der Waals surface area contributed by atoms with Gasteiger partial charge in [-0.2, -0.15) is 13.2 Å². The molecule has 5 nitrogen and oxygen atoms in total. The molecule has 0 unspecified atom stereocenters. The number of hydrogen-bond acceptors (Lipinski definition) is 3. The van der Waals surface area contributed by atoms with Crippen LogP contribution in [0.2, 0.25) is 0 Å². The summed E-state index contributed by atoms with van der Waals surface area (Å²) in [6, 6.07) is 18.1. The number of anilines is 2. The van der Waals surface area contributed by atoms with Gasteiger partial charge >= 0.3 is 6.18 Å². The average Bonchev–Trinajstić information content (AvgIpc) is 3.05. The lowest BCUT2D eigenvalue weighted by Gasteiger charge is -2.13. The summed E-state index contributed by atoms with van der Waals surface area (Å²) in [5.41, 5.74) is 6.48. The van der Waals surface area contributed by atoms with Crippen LogP contribution in [0, 0.1) is 6.92 Å². The average molecular weight is 437 g/mol. The van der Waals surface area contributed by atoms with Crippen molar-refractivity contribution in [2.45, 2.75) is 13.1 Å². The number of halogens is 3. The van der Waals surface area contributed by atoms with Crippen molar-refractivity contribution in [1.82, 2.24) is 4.57 Å². The third-order valence-electron chi connectivity index (χ3n) is 5.12. The Kier molecular flexibility index (Phi) is 5.22. The normalized spacial score (nSPS) is 11.5. The summed E-state index contributed by atoms with van der Waals surface area (Å²) in [7, 11) is 0. The van der Waals surface area contributed by atoms with Crippen LogP contribution in [0.5, 0.6) is 0 Å². The fourth-order valence-electron chi connectivity index (χ4n) is 3.57. The predicted octanol–water partition coefficient (Wildman–Crippen LogP) is 5.49. The molecular weight excluding hydrogens is 419 g/mol. The Hall–Kier alpha value is -4.07. The summed E-state index contributed by atoms with van der Waals surface area (Å²) in [5, 5.41) is 2.66. The largest absolute Gasteiger partial charge is 0.418 e. The first-order chi connectivity index (χ1) is 15.2. The van der Waals surface area contributed by atoms with Crippen LogP contribution in [0.25, 0.3) is 10.9 Å². The summed E-state index contributed by atoms with van der Waals surface area (Å²) in [6.45, 7) is 1.88. The van der Waals surface area contributed by atoms with Crippen molar-refractivity contribution in [1.29, 1.82) is 0 Å². The van der Waals surface area contributed by atoms with E-state index >= 15 is 0 Å². The number of fused-ring (bicyclic) bond motifs is 1. The summed E-state index contributed by atoms with van der Waals surface area (Å²) >= 11 is 0. The Labute approximate surface area is 181 Å². The molecule has 0 fully saturated rings. The number of carbonyl (C=O) groups excluding carboxylic acids is 2. The number of nitrogen functional groups attached to an aromatic ring is 1. The van der Waals surface area contributed by atoms with E-state index in [2.05, 4.69) is 5.32 Å². The van der Waals surface area contributed by atoms with Gasteiger partial charge in [-0.1, -0.05) is 48.0 Å². The number of benzene rings is 3. The summed E-state index contributed by atoms with van der Waals surface area (Å²) in [6.07, 6.45) is -4.65. The molecule has 0 aliphatic rings. The third kappa shape index (κ3) is 3.71. The standard InChI is InChI=1S/C24H18F3N3O2/c1-14-10-12-15(13-11-14)23(32)30-19-9-5-2-6-16(19)20(21(30)28)22(31)29-18-8-4-3-7-17(18)24(25,26)27/h2-13H,28H2,1H3,(H,29,31). The Morgan fingerprint density at radius 1 is 0.906 bits per heavy atom. The molecule has 1 aromatic heterocycles. The maximum atomic E-state index is 13.3. The molecule has 32 heavy (non-hydrogen) atoms. The van der Waals surface area contributed by atoms with Gasteiger partial charge in [0.05, 0.1) is 22.3 Å². The summed E-state index contributed by atoms with van der Waals surface area (Å²) in [5.74, 6) is -1.45. The van der Waals surface area contributed by atoms with Crippen molar-refractivity contribution >= 4 is 34.2 Å². The van der Waals surface area contributed by atoms with E-state index in [-0.39, 0.29) is 11.4 Å². The Bertz CT molecular complexity index is 1340. The lowest BCUT2D eigenvalue weighted by atomic mass is 10.1. The highest BCUT2D eigenvalue weighted by molar-refractivity contribution is 6.20. The number of rotatable bonds is 3. The lowest BCUT2D eigenvalue weighted by molar-refractivity contribution is -0.136. The van der Waals surface area contributed by atoms with E-state index in [9.17, 15) is 22.8 Å². The molecule has 8 heteroatoms. The molecular formula is C24H18F3N3O2. The maximum Gasteiger partial charge on any atom is 0.418 e. The van der Waals surface area contributed by atoms with Gasteiger partial charge in [-0.05, 0) is 37.3 Å². The van der Waals surface area contributed by atoms with Crippen LogP contribution in [-0.2, 0) is 6.18 Å². The van der Waals surface area contributed by atoms with Crippen LogP contribution in [-0.4, -0.2) is 16.4 Å². The van der Waals surface area contributed by atoms with E-state index in [4.69, 9.17) is 5.73 Å². The van der Waals surface area contributed by atoms with Crippen molar-refractivity contribution in [2.24, 2.45) is 0 Å². The van der Waals surface area contributed by atoms with Gasteiger partial charge in [0.1, 0.15) is 5.82 Å². The SMILES string of the molecule is Cc1ccc(C(=O)n2c(N)c(C(=O)Nc3ccccc3C(F)(F)F)c3ccccc32)cc1. The van der Waals surface area contributed by atoms with Gasteiger partial charge in [-0.15, -0.1) is 0 Å². The van der Waals surface area contributed by atoms with E-state index in [1.807, 2.05) is 6.92 Å². The minimum atomic E-state index is -4.65. The van der Waals surface area contributed by atoms with Crippen LogP contribution >= 0.6 is 0 Å². The summed E-state index contributed by atoms with van der Waals surface area (Å²) in [4.78, 5) is 26.2. The van der Waals surface area contributed by atoms with E-state index in [1.165, 1.54) is 16.7 Å². The number of carbonyl (C=O) groups is 2. The van der Waals surface area contributed by atoms with Gasteiger partial charge in [0.15, 0.2) is 0 Å². The second-order valence-electron chi connectivity index (χ2n) is 7.28. The fraction of sp³-hybridized carbons (Fsp3) is 0.0833. The molecule has 0 saturated heterocycles. The van der Waals surface area contributed by atoms with E-state index in [0.29, 0.717) is 16.5 Å². The first-order valence-electron chi connectivity index (χ1n) is 9.66. The molecule has 3 aromatic carbocycles. The van der Waals surface area contributed by atoms with Crippen molar-refractivity contribution in [3.8, 4) is 0 Å². The maximum absolute atomic E-state index is 13.3. The number of nitrogens with one attached hydrogen (secondary N) is 1. The number of hydrogen-bond donors (Lipinski definition) is 2. The van der Waals surface area contributed by atoms with Gasteiger partial charge in [0.2, 0.25) is 0 Å². The second-order valence-corrected chi connectivity index (χ2v) is 7.28. The lowest BCUT2D eigenvalue weighted by Crippen LogP contribution is -2.19. The van der Waals surface area contributed by atoms with Gasteiger partial charge < -0.3 is 11.1 Å². The first kappa shape index (κ1) is 21.2. The Balaban J connectivity index is 1.81. The highest BCUT2D eigenvalue weighted by atomic mass is 19.4. The second kappa shape index (κ2) is 7.88. The molecule has 0 radical (unpaired) electrons. The van der Waals surface area contributed by atoms with E-state index in [0.717, 1.165) is 17.7 Å². The number of para-hydroxylation sites is 2. The first-order valence-corrected chi connectivity index (χ1v) is 9.66. The highest BCUT2D eigenvalue weighted by Crippen LogP contribution is 2.36. The molecule has 0 saturated carbocycles. The molecule has 162 valence electrons. The molecule has 0 atom stereocenters. The van der Waals surface area contributed by atoms with E-state index < -0.39 is 29.2 Å². The van der Waals surface area contributed by atoms with Crippen LogP contribution in [0.3, 0.4) is 0 Å². The Morgan fingerprint density at radius 3 is 2.22 bits per heavy atom. The number of nitrogens with zero attached hydrogens (tertiary/aromatic N) is 1. The quantitative estimate of drug-likeness (QED) is 0.445. The number of aryl methyl sites for hydroxylation is 1. The summed E-state index contributed by atoms with van der Waals surface area (Å²) < 4.78 is 41.2. The molecule has 1 amide bonds. The third-order valence-corrected chi connectivity index (χ3v) is 5.12. The molecule has 0 aliphatic carbocycles. The topological polar surface area (TPSA) is 77.1 Å². The van der Waals surface area contributed by atoms with Gasteiger partial charge in [0.25, 0.3) is 11.8 Å². The van der Waals surface area contributed by atoms with Crippen molar-refractivity contribution in [2.75, 3.05) is 11.1 Å². The minimum absolute atomic E-state index is 0.0713. The highest BCUT2D eigenvalue weighted by Gasteiger charge is 2.34. The van der Waals surface area contributed by atoms with Crippen LogP contribution in [0.15, 0.2) is 72.8 Å². The minimum Gasteiger partial charge on any atom is -0.384 e. The van der Waals surface area contributed by atoms with Crippen molar-refractivity contribution < 1.29 is 22.8 Å². The molecule has 4 aromatic rings. The van der Waals surface area contributed by atoms with Crippen LogP contribution in [0.4, 0.5) is 24.7 Å². The molecule has 0 spiro atoms. The smallest absolute Gasteiger partial charge is 0.384 e. The zero-order valence-electron chi connectivity index (χ0n) is 16.9. The zero-order valence-corrected chi connectivity index (χ0v) is 16.9. The predicted molar refractivity (Wildman–Crippen MR) is 117 cm³/mol. The molecule has 1 heterocycles. The van der Waals surface area contributed by atoms with Crippen LogP contribution < -0.4 is 11.1 Å². The van der Waals surface area contributed by atoms with Crippen molar-refractivity contribution in [3.63, 3.8) is 0 Å². The van der Waals surface area contributed by atoms with Gasteiger partial charge in [-0.25, -0.2) is 0 Å². The number of amides is 1. The number of nitrogens with two attached hydrogens (primary N) is 1.